The second-order valence-electron chi connectivity index (χ2n) is 7.86. The normalized spacial score (nSPS) is 19.6. The Morgan fingerprint density at radius 1 is 1.25 bits per heavy atom. The van der Waals surface area contributed by atoms with Crippen molar-refractivity contribution in [2.75, 3.05) is 6.61 Å². The first-order valence-electron chi connectivity index (χ1n) is 9.61. The van der Waals surface area contributed by atoms with Crippen molar-refractivity contribution in [3.63, 3.8) is 0 Å². The number of aldehydes is 1. The van der Waals surface area contributed by atoms with E-state index in [4.69, 9.17) is 4.74 Å². The summed E-state index contributed by atoms with van der Waals surface area (Å²) in [5, 5.41) is 11.1. The van der Waals surface area contributed by atoms with Gasteiger partial charge in [0.05, 0.1) is 12.1 Å². The molecule has 28 heavy (non-hydrogen) atoms. The van der Waals surface area contributed by atoms with Crippen LogP contribution in [0.5, 0.6) is 5.75 Å². The summed E-state index contributed by atoms with van der Waals surface area (Å²) in [7, 11) is 0. The van der Waals surface area contributed by atoms with Crippen LogP contribution >= 0.6 is 0 Å². The first-order chi connectivity index (χ1) is 13.4. The number of hydrogen-bond acceptors (Lipinski definition) is 3. The van der Waals surface area contributed by atoms with E-state index in [1.54, 1.807) is 25.1 Å². The second kappa shape index (κ2) is 7.06. The highest BCUT2D eigenvalue weighted by Crippen LogP contribution is 2.43. The van der Waals surface area contributed by atoms with Crippen molar-refractivity contribution in [2.45, 2.75) is 45.1 Å². The zero-order valence-electron chi connectivity index (χ0n) is 16.3. The number of phenolic OH excluding ortho intramolecular Hbond substituents is 1. The first-order valence-corrected chi connectivity index (χ1v) is 9.61. The van der Waals surface area contributed by atoms with Crippen molar-refractivity contribution in [2.24, 2.45) is 0 Å². The van der Waals surface area contributed by atoms with E-state index in [1.807, 2.05) is 12.1 Å². The van der Waals surface area contributed by atoms with E-state index >= 15 is 0 Å². The predicted octanol–water partition coefficient (Wildman–Crippen LogP) is 4.98. The van der Waals surface area contributed by atoms with Gasteiger partial charge in [-0.15, -0.1) is 0 Å². The molecular weight excluding hydrogens is 357 g/mol. The molecule has 0 aliphatic carbocycles. The molecule has 1 fully saturated rings. The highest BCUT2D eigenvalue weighted by atomic mass is 19.1. The summed E-state index contributed by atoms with van der Waals surface area (Å²) in [6.45, 7) is 6.47. The molecule has 1 aromatic heterocycles. The third-order valence-electron chi connectivity index (χ3n) is 5.56. The van der Waals surface area contributed by atoms with Gasteiger partial charge in [-0.25, -0.2) is 4.39 Å². The monoisotopic (exact) mass is 381 g/mol. The fraction of sp³-hybridized carbons (Fsp3) is 0.348. The lowest BCUT2D eigenvalue weighted by Gasteiger charge is -2.18. The molecule has 2 aromatic carbocycles. The van der Waals surface area contributed by atoms with Gasteiger partial charge >= 0.3 is 0 Å². The van der Waals surface area contributed by atoms with Crippen LogP contribution in [0.1, 0.15) is 48.9 Å². The Bertz CT molecular complexity index is 1050. The van der Waals surface area contributed by atoms with Crippen LogP contribution in [0.2, 0.25) is 0 Å². The number of fused-ring (bicyclic) bond motifs is 1. The Morgan fingerprint density at radius 2 is 2.04 bits per heavy atom. The molecule has 2 heterocycles. The van der Waals surface area contributed by atoms with Gasteiger partial charge in [0, 0.05) is 22.7 Å². The Kier molecular flexibility index (Phi) is 4.71. The molecule has 1 saturated heterocycles. The van der Waals surface area contributed by atoms with Crippen molar-refractivity contribution >= 4 is 17.2 Å². The Morgan fingerprint density at radius 3 is 2.68 bits per heavy atom. The molecule has 1 aliphatic heterocycles. The van der Waals surface area contributed by atoms with Crippen LogP contribution in [0.3, 0.4) is 0 Å². The summed E-state index contributed by atoms with van der Waals surface area (Å²) in [5.74, 6) is 0.217. The predicted molar refractivity (Wildman–Crippen MR) is 107 cm³/mol. The summed E-state index contributed by atoms with van der Waals surface area (Å²) >= 11 is 0. The molecule has 0 spiro atoms. The minimum atomic E-state index is -0.395. The summed E-state index contributed by atoms with van der Waals surface area (Å²) in [5.41, 5.74) is 4.63. The number of carbonyl (C=O) groups excluding carboxylic acids is 1. The smallest absolute Gasteiger partial charge is 0.148 e. The standard InChI is InChI=1S/C23H24FNO3/c1-13(2)23-22(15-9-18(11-26)28-12-15)19-10-17(27)5-7-21(19)25(23)16-4-6-20(24)14(3)8-16/h4-8,10-11,13,15,18,27H,9,12H2,1-3H3. The van der Waals surface area contributed by atoms with Crippen LogP contribution in [-0.4, -0.2) is 28.7 Å². The summed E-state index contributed by atoms with van der Waals surface area (Å²) in [6, 6.07) is 10.5. The van der Waals surface area contributed by atoms with Crippen molar-refractivity contribution in [3.05, 3.63) is 59.0 Å². The minimum Gasteiger partial charge on any atom is -0.508 e. The van der Waals surface area contributed by atoms with Crippen LogP contribution in [0.15, 0.2) is 36.4 Å². The van der Waals surface area contributed by atoms with Gasteiger partial charge in [-0.1, -0.05) is 13.8 Å². The molecule has 0 bridgehead atoms. The van der Waals surface area contributed by atoms with E-state index in [0.717, 1.165) is 34.1 Å². The van der Waals surface area contributed by atoms with Gasteiger partial charge < -0.3 is 19.2 Å². The Hall–Kier alpha value is -2.66. The third-order valence-corrected chi connectivity index (χ3v) is 5.56. The average Bonchev–Trinajstić information content (AvgIpc) is 3.25. The number of aryl methyl sites for hydroxylation is 1. The number of aromatic hydroxyl groups is 1. The number of aromatic nitrogens is 1. The molecule has 0 saturated carbocycles. The minimum absolute atomic E-state index is 0.0692. The maximum atomic E-state index is 13.9. The fourth-order valence-electron chi connectivity index (χ4n) is 4.32. The van der Waals surface area contributed by atoms with E-state index in [1.165, 1.54) is 6.07 Å². The fourth-order valence-corrected chi connectivity index (χ4v) is 4.32. The summed E-state index contributed by atoms with van der Waals surface area (Å²) in [6.07, 6.45) is 1.09. The van der Waals surface area contributed by atoms with Gasteiger partial charge in [-0.05, 0) is 66.8 Å². The molecule has 2 unspecified atom stereocenters. The molecule has 1 N–H and O–H groups in total. The van der Waals surface area contributed by atoms with E-state index in [9.17, 15) is 14.3 Å². The van der Waals surface area contributed by atoms with Crippen LogP contribution in [-0.2, 0) is 9.53 Å². The molecule has 0 amide bonds. The van der Waals surface area contributed by atoms with Gasteiger partial charge in [-0.3, -0.25) is 0 Å². The maximum Gasteiger partial charge on any atom is 0.148 e. The number of ether oxygens (including phenoxy) is 1. The Balaban J connectivity index is 2.03. The molecule has 2 atom stereocenters. The number of halogens is 1. The lowest BCUT2D eigenvalue weighted by molar-refractivity contribution is -0.115. The number of rotatable bonds is 4. The topological polar surface area (TPSA) is 51.5 Å². The molecule has 1 aliphatic rings. The van der Waals surface area contributed by atoms with Gasteiger partial charge in [-0.2, -0.15) is 0 Å². The lowest BCUT2D eigenvalue weighted by atomic mass is 9.90. The number of hydrogen-bond donors (Lipinski definition) is 1. The van der Waals surface area contributed by atoms with Gasteiger partial charge in [0.25, 0.3) is 0 Å². The van der Waals surface area contributed by atoms with E-state index in [0.29, 0.717) is 18.6 Å². The highest BCUT2D eigenvalue weighted by molar-refractivity contribution is 5.89. The number of phenols is 1. The molecular formula is C23H24FNO3. The highest BCUT2D eigenvalue weighted by Gasteiger charge is 2.33. The lowest BCUT2D eigenvalue weighted by Crippen LogP contribution is -2.08. The number of benzene rings is 2. The van der Waals surface area contributed by atoms with Crippen molar-refractivity contribution in [1.29, 1.82) is 0 Å². The van der Waals surface area contributed by atoms with E-state index in [2.05, 4.69) is 18.4 Å². The van der Waals surface area contributed by atoms with Gasteiger partial charge in [0.15, 0.2) is 0 Å². The van der Waals surface area contributed by atoms with Crippen LogP contribution in [0.25, 0.3) is 16.6 Å². The zero-order valence-corrected chi connectivity index (χ0v) is 16.3. The third kappa shape index (κ3) is 3.00. The van der Waals surface area contributed by atoms with Crippen LogP contribution in [0, 0.1) is 12.7 Å². The quantitative estimate of drug-likeness (QED) is 0.649. The van der Waals surface area contributed by atoms with Gasteiger partial charge in [0.1, 0.15) is 24.0 Å². The molecule has 0 radical (unpaired) electrons. The zero-order chi connectivity index (χ0) is 20.0. The number of nitrogens with zero attached hydrogens (tertiary/aromatic N) is 1. The maximum absolute atomic E-state index is 13.9. The largest absolute Gasteiger partial charge is 0.508 e. The van der Waals surface area contributed by atoms with E-state index < -0.39 is 6.10 Å². The van der Waals surface area contributed by atoms with Crippen LogP contribution in [0.4, 0.5) is 4.39 Å². The number of carbonyl (C=O) groups is 1. The van der Waals surface area contributed by atoms with E-state index in [-0.39, 0.29) is 23.4 Å². The molecule has 4 nitrogen and oxygen atoms in total. The summed E-state index contributed by atoms with van der Waals surface area (Å²) in [4.78, 5) is 11.2. The second-order valence-corrected chi connectivity index (χ2v) is 7.86. The van der Waals surface area contributed by atoms with Crippen molar-refractivity contribution in [1.82, 2.24) is 4.57 Å². The molecule has 5 heteroatoms. The summed E-state index contributed by atoms with van der Waals surface area (Å²) < 4.78 is 21.7. The molecule has 3 aromatic rings. The Labute approximate surface area is 163 Å². The van der Waals surface area contributed by atoms with Crippen LogP contribution < -0.4 is 0 Å². The van der Waals surface area contributed by atoms with Crippen molar-refractivity contribution in [3.8, 4) is 11.4 Å². The average molecular weight is 381 g/mol. The SMILES string of the molecule is Cc1cc(-n2c(C(C)C)c(C3COC(C=O)C3)c3cc(O)ccc32)ccc1F. The van der Waals surface area contributed by atoms with Gasteiger partial charge in [0.2, 0.25) is 0 Å². The molecule has 4 rings (SSSR count). The van der Waals surface area contributed by atoms with Crippen molar-refractivity contribution < 1.29 is 19.0 Å². The first kappa shape index (κ1) is 18.7. The molecule has 146 valence electrons.